The fourth-order valence-electron chi connectivity index (χ4n) is 2.23. The molecule has 106 valence electrons. The fourth-order valence-corrected chi connectivity index (χ4v) is 3.02. The van der Waals surface area contributed by atoms with E-state index in [1.165, 1.54) is 17.4 Å². The zero-order valence-electron chi connectivity index (χ0n) is 11.2. The van der Waals surface area contributed by atoms with Gasteiger partial charge in [-0.1, -0.05) is 12.1 Å². The second-order valence-corrected chi connectivity index (χ2v) is 5.56. The van der Waals surface area contributed by atoms with E-state index in [1.54, 1.807) is 12.1 Å². The number of nitro benzene ring substituents is 1. The summed E-state index contributed by atoms with van der Waals surface area (Å²) < 4.78 is 0. The maximum atomic E-state index is 11.3. The van der Waals surface area contributed by atoms with E-state index in [-0.39, 0.29) is 5.69 Å². The van der Waals surface area contributed by atoms with Gasteiger partial charge in [0.15, 0.2) is 5.82 Å². The smallest absolute Gasteiger partial charge is 0.278 e. The van der Waals surface area contributed by atoms with E-state index < -0.39 is 4.92 Å². The number of thiophene rings is 1. The van der Waals surface area contributed by atoms with Crippen LogP contribution in [-0.4, -0.2) is 15.1 Å². The first-order chi connectivity index (χ1) is 10.1. The minimum absolute atomic E-state index is 0.0297. The third kappa shape index (κ3) is 2.27. The molecule has 0 radical (unpaired) electrons. The summed E-state index contributed by atoms with van der Waals surface area (Å²) in [5.41, 5.74) is 8.66. The molecule has 6 nitrogen and oxygen atoms in total. The Balaban J connectivity index is 2.28. The topological polar surface area (TPSA) is 97.8 Å². The Morgan fingerprint density at radius 1 is 1.38 bits per heavy atom. The number of H-pyrrole nitrogens is 1. The number of rotatable bonds is 3. The molecule has 0 amide bonds. The Labute approximate surface area is 124 Å². The quantitative estimate of drug-likeness (QED) is 0.570. The van der Waals surface area contributed by atoms with E-state index in [2.05, 4.69) is 10.2 Å². The average Bonchev–Trinajstić information content (AvgIpc) is 3.06. The molecule has 0 unspecified atom stereocenters. The van der Waals surface area contributed by atoms with Gasteiger partial charge in [0, 0.05) is 10.9 Å². The van der Waals surface area contributed by atoms with E-state index >= 15 is 0 Å². The van der Waals surface area contributed by atoms with Crippen molar-refractivity contribution < 1.29 is 4.92 Å². The van der Waals surface area contributed by atoms with Crippen molar-refractivity contribution in [3.05, 3.63) is 51.4 Å². The first-order valence-electron chi connectivity index (χ1n) is 6.21. The third-order valence-corrected chi connectivity index (χ3v) is 4.07. The normalized spacial score (nSPS) is 10.7. The van der Waals surface area contributed by atoms with Crippen LogP contribution in [0.3, 0.4) is 0 Å². The molecular formula is C14H12N4O2S. The summed E-state index contributed by atoms with van der Waals surface area (Å²) in [6.45, 7) is 1.89. The van der Waals surface area contributed by atoms with Crippen LogP contribution in [0.1, 0.15) is 5.56 Å². The van der Waals surface area contributed by atoms with Gasteiger partial charge in [-0.05, 0) is 30.0 Å². The molecule has 0 saturated heterocycles. The van der Waals surface area contributed by atoms with E-state index in [9.17, 15) is 10.1 Å². The van der Waals surface area contributed by atoms with Gasteiger partial charge in [0.2, 0.25) is 0 Å². The fraction of sp³-hybridized carbons (Fsp3) is 0.0714. The van der Waals surface area contributed by atoms with Gasteiger partial charge in [-0.3, -0.25) is 15.2 Å². The highest BCUT2D eigenvalue weighted by atomic mass is 32.1. The van der Waals surface area contributed by atoms with Gasteiger partial charge in [-0.25, -0.2) is 0 Å². The molecule has 0 aliphatic rings. The molecule has 1 aromatic carbocycles. The van der Waals surface area contributed by atoms with Crippen LogP contribution in [0.4, 0.5) is 11.5 Å². The number of benzene rings is 1. The molecule has 2 heterocycles. The molecular weight excluding hydrogens is 288 g/mol. The Hall–Kier alpha value is -2.67. The van der Waals surface area contributed by atoms with E-state index in [1.807, 2.05) is 24.4 Å². The molecule has 0 aliphatic heterocycles. The van der Waals surface area contributed by atoms with Crippen LogP contribution in [0.15, 0.2) is 35.7 Å². The molecule has 0 saturated carbocycles. The molecule has 0 fully saturated rings. The highest BCUT2D eigenvalue weighted by Crippen LogP contribution is 2.40. The molecule has 3 rings (SSSR count). The third-order valence-electron chi connectivity index (χ3n) is 3.18. The Morgan fingerprint density at radius 3 is 2.86 bits per heavy atom. The van der Waals surface area contributed by atoms with Gasteiger partial charge in [0.25, 0.3) is 5.69 Å². The van der Waals surface area contributed by atoms with Crippen molar-refractivity contribution >= 4 is 22.8 Å². The summed E-state index contributed by atoms with van der Waals surface area (Å²) in [5.74, 6) is 0.336. The van der Waals surface area contributed by atoms with Crippen LogP contribution in [-0.2, 0) is 0 Å². The summed E-state index contributed by atoms with van der Waals surface area (Å²) in [6, 6.07) is 8.80. The second-order valence-electron chi connectivity index (χ2n) is 4.61. The highest BCUT2D eigenvalue weighted by molar-refractivity contribution is 7.13. The Bertz CT molecular complexity index is 809. The molecule has 0 bridgehead atoms. The monoisotopic (exact) mass is 300 g/mol. The maximum Gasteiger partial charge on any atom is 0.278 e. The van der Waals surface area contributed by atoms with Crippen molar-refractivity contribution in [2.75, 3.05) is 5.73 Å². The summed E-state index contributed by atoms with van der Waals surface area (Å²) in [4.78, 5) is 11.8. The number of nitrogens with one attached hydrogen (secondary N) is 1. The number of aromatic amines is 1. The molecule has 0 atom stereocenters. The minimum Gasteiger partial charge on any atom is -0.382 e. The summed E-state index contributed by atoms with van der Waals surface area (Å²) in [6.07, 6.45) is 0. The lowest BCUT2D eigenvalue weighted by Gasteiger charge is -2.05. The number of nitrogens with zero attached hydrogens (tertiary/aromatic N) is 2. The first-order valence-corrected chi connectivity index (χ1v) is 7.09. The maximum absolute atomic E-state index is 11.3. The van der Waals surface area contributed by atoms with Gasteiger partial charge in [-0.15, -0.1) is 11.3 Å². The molecule has 21 heavy (non-hydrogen) atoms. The number of hydrogen-bond donors (Lipinski definition) is 2. The minimum atomic E-state index is -0.399. The zero-order chi connectivity index (χ0) is 15.0. The van der Waals surface area contributed by atoms with E-state index in [0.29, 0.717) is 22.6 Å². The predicted molar refractivity (Wildman–Crippen MR) is 83.1 cm³/mol. The van der Waals surface area contributed by atoms with Crippen molar-refractivity contribution in [2.45, 2.75) is 6.92 Å². The van der Waals surface area contributed by atoms with Crippen molar-refractivity contribution in [1.82, 2.24) is 10.2 Å². The van der Waals surface area contributed by atoms with Crippen LogP contribution in [0, 0.1) is 17.0 Å². The highest BCUT2D eigenvalue weighted by Gasteiger charge is 2.22. The average molecular weight is 300 g/mol. The number of hydrogen-bond acceptors (Lipinski definition) is 5. The molecule has 0 aliphatic carbocycles. The van der Waals surface area contributed by atoms with Gasteiger partial charge in [-0.2, -0.15) is 5.10 Å². The SMILES string of the molecule is Cc1ccc([N+](=O)[O-])c(-c2[nH]nc(N)c2-c2cccs2)c1. The number of nitrogen functional groups attached to an aromatic ring is 1. The second kappa shape index (κ2) is 5.02. The van der Waals surface area contributed by atoms with Gasteiger partial charge < -0.3 is 5.73 Å². The van der Waals surface area contributed by atoms with E-state index in [0.717, 1.165) is 10.4 Å². The first kappa shape index (κ1) is 13.3. The number of aromatic nitrogens is 2. The summed E-state index contributed by atoms with van der Waals surface area (Å²) >= 11 is 1.51. The summed E-state index contributed by atoms with van der Waals surface area (Å²) in [7, 11) is 0. The van der Waals surface area contributed by atoms with Gasteiger partial charge in [0.05, 0.1) is 21.7 Å². The van der Waals surface area contributed by atoms with Crippen LogP contribution in [0.2, 0.25) is 0 Å². The number of nitro groups is 1. The zero-order valence-corrected chi connectivity index (χ0v) is 12.0. The molecule has 0 spiro atoms. The molecule has 2 aromatic heterocycles. The Morgan fingerprint density at radius 2 is 2.19 bits per heavy atom. The number of anilines is 1. The van der Waals surface area contributed by atoms with Gasteiger partial charge in [0.1, 0.15) is 0 Å². The van der Waals surface area contributed by atoms with Crippen molar-refractivity contribution in [3.63, 3.8) is 0 Å². The molecule has 7 heteroatoms. The van der Waals surface area contributed by atoms with Crippen molar-refractivity contribution in [3.8, 4) is 21.7 Å². The van der Waals surface area contributed by atoms with Crippen LogP contribution < -0.4 is 5.73 Å². The number of nitrogens with two attached hydrogens (primary N) is 1. The van der Waals surface area contributed by atoms with E-state index in [4.69, 9.17) is 5.73 Å². The Kier molecular flexibility index (Phi) is 3.19. The van der Waals surface area contributed by atoms with Crippen LogP contribution in [0.25, 0.3) is 21.7 Å². The van der Waals surface area contributed by atoms with Crippen molar-refractivity contribution in [2.24, 2.45) is 0 Å². The molecule has 3 N–H and O–H groups in total. The van der Waals surface area contributed by atoms with Gasteiger partial charge >= 0.3 is 0 Å². The van der Waals surface area contributed by atoms with Crippen LogP contribution >= 0.6 is 11.3 Å². The largest absolute Gasteiger partial charge is 0.382 e. The lowest BCUT2D eigenvalue weighted by Crippen LogP contribution is -1.94. The van der Waals surface area contributed by atoms with Crippen molar-refractivity contribution in [1.29, 1.82) is 0 Å². The summed E-state index contributed by atoms with van der Waals surface area (Å²) in [5, 5.41) is 20.0. The number of aryl methyl sites for hydroxylation is 1. The lowest BCUT2D eigenvalue weighted by molar-refractivity contribution is -0.384. The van der Waals surface area contributed by atoms with Crippen LogP contribution in [0.5, 0.6) is 0 Å². The standard InChI is InChI=1S/C14H12N4O2S/c1-8-4-5-10(18(19)20)9(7-8)13-12(14(15)17-16-13)11-3-2-6-21-11/h2-7H,1H3,(H3,15,16,17). The predicted octanol–water partition coefficient (Wildman–Crippen LogP) is 3.60. The molecule has 3 aromatic rings. The lowest BCUT2D eigenvalue weighted by atomic mass is 10.0.